The highest BCUT2D eigenvalue weighted by Gasteiger charge is 2.18. The normalized spacial score (nSPS) is 11.4. The van der Waals surface area contributed by atoms with Gasteiger partial charge in [0.15, 0.2) is 5.82 Å². The molecule has 10 rings (SSSR count). The molecule has 0 unspecified atom stereocenters. The third kappa shape index (κ3) is 5.68. The molecule has 0 bridgehead atoms. The van der Waals surface area contributed by atoms with Crippen LogP contribution in [0.15, 0.2) is 194 Å². The summed E-state index contributed by atoms with van der Waals surface area (Å²) in [6.45, 7) is 0. The number of rotatable bonds is 6. The molecule has 0 amide bonds. The Bertz CT molecular complexity index is 2940. The predicted octanol–water partition coefficient (Wildman–Crippen LogP) is 14.0. The minimum atomic E-state index is 0.698. The number of hydrogen-bond donors (Lipinski definition) is 0. The standard InChI is InChI=1S/C50H32N2S/c1-3-15-33(16-4-1)36-29-37(40-25-14-28-48-49(40)44-24-11-12-27-47(44)53-48)31-38(30-36)45-32-46(52-50(51-45)35-18-5-2-6-19-35)43-23-10-9-22-42(43)41-26-13-20-34-17-7-8-21-39(34)41/h1-32H. The van der Waals surface area contributed by atoms with Gasteiger partial charge < -0.3 is 0 Å². The molecule has 3 heteroatoms. The lowest BCUT2D eigenvalue weighted by atomic mass is 9.91. The van der Waals surface area contributed by atoms with Gasteiger partial charge in [-0.2, -0.15) is 0 Å². The van der Waals surface area contributed by atoms with Gasteiger partial charge in [0.25, 0.3) is 0 Å². The minimum Gasteiger partial charge on any atom is -0.228 e. The topological polar surface area (TPSA) is 25.8 Å². The zero-order chi connectivity index (χ0) is 35.1. The maximum atomic E-state index is 5.31. The SMILES string of the molecule is c1ccc(-c2cc(-c3cc(-c4ccccc4-c4cccc5ccccc45)nc(-c4ccccc4)n3)cc(-c3cccc4sc5ccccc5c34)c2)cc1. The second-order valence-electron chi connectivity index (χ2n) is 13.3. The lowest BCUT2D eigenvalue weighted by Gasteiger charge is -2.16. The van der Waals surface area contributed by atoms with Gasteiger partial charge in [0.2, 0.25) is 0 Å². The zero-order valence-corrected chi connectivity index (χ0v) is 29.6. The smallest absolute Gasteiger partial charge is 0.160 e. The van der Waals surface area contributed by atoms with Gasteiger partial charge in [-0.25, -0.2) is 9.97 Å². The van der Waals surface area contributed by atoms with E-state index in [0.717, 1.165) is 50.3 Å². The van der Waals surface area contributed by atoms with Crippen LogP contribution in [0.4, 0.5) is 0 Å². The van der Waals surface area contributed by atoms with Crippen LogP contribution in [0.5, 0.6) is 0 Å². The van der Waals surface area contributed by atoms with Crippen molar-refractivity contribution in [3.8, 4) is 67.3 Å². The van der Waals surface area contributed by atoms with Crippen molar-refractivity contribution in [2.24, 2.45) is 0 Å². The summed E-state index contributed by atoms with van der Waals surface area (Å²) >= 11 is 1.85. The largest absolute Gasteiger partial charge is 0.228 e. The molecule has 0 aliphatic heterocycles. The van der Waals surface area contributed by atoms with Gasteiger partial charge in [0, 0.05) is 36.9 Å². The number of benzene rings is 8. The van der Waals surface area contributed by atoms with Crippen LogP contribution in [-0.2, 0) is 0 Å². The van der Waals surface area contributed by atoms with Crippen molar-refractivity contribution in [3.63, 3.8) is 0 Å². The van der Waals surface area contributed by atoms with E-state index >= 15 is 0 Å². The van der Waals surface area contributed by atoms with E-state index in [0.29, 0.717) is 5.82 Å². The van der Waals surface area contributed by atoms with E-state index in [4.69, 9.17) is 9.97 Å². The molecule has 2 heterocycles. The van der Waals surface area contributed by atoms with E-state index in [9.17, 15) is 0 Å². The molecule has 0 spiro atoms. The van der Waals surface area contributed by atoms with Gasteiger partial charge in [-0.05, 0) is 80.6 Å². The van der Waals surface area contributed by atoms with Crippen molar-refractivity contribution in [2.45, 2.75) is 0 Å². The third-order valence-electron chi connectivity index (χ3n) is 10.1. The van der Waals surface area contributed by atoms with Crippen LogP contribution >= 0.6 is 11.3 Å². The monoisotopic (exact) mass is 692 g/mol. The second-order valence-corrected chi connectivity index (χ2v) is 14.4. The van der Waals surface area contributed by atoms with Crippen molar-refractivity contribution in [1.82, 2.24) is 9.97 Å². The highest BCUT2D eigenvalue weighted by atomic mass is 32.1. The summed E-state index contributed by atoms with van der Waals surface area (Å²) in [6, 6.07) is 69.2. The van der Waals surface area contributed by atoms with E-state index in [1.807, 2.05) is 17.4 Å². The molecule has 0 aliphatic carbocycles. The van der Waals surface area contributed by atoms with Gasteiger partial charge in [-0.1, -0.05) is 158 Å². The van der Waals surface area contributed by atoms with Crippen molar-refractivity contribution in [1.29, 1.82) is 0 Å². The third-order valence-corrected chi connectivity index (χ3v) is 11.2. The summed E-state index contributed by atoms with van der Waals surface area (Å²) in [5, 5.41) is 5.01. The number of hydrogen-bond acceptors (Lipinski definition) is 3. The first kappa shape index (κ1) is 31.1. The number of nitrogens with zero attached hydrogens (tertiary/aromatic N) is 2. The maximum absolute atomic E-state index is 5.31. The summed E-state index contributed by atoms with van der Waals surface area (Å²) in [5.74, 6) is 0.698. The van der Waals surface area contributed by atoms with Crippen LogP contribution in [-0.4, -0.2) is 9.97 Å². The van der Waals surface area contributed by atoms with Crippen LogP contribution in [0.25, 0.3) is 98.2 Å². The first-order valence-electron chi connectivity index (χ1n) is 17.9. The Morgan fingerprint density at radius 1 is 0.321 bits per heavy atom. The average molecular weight is 693 g/mol. The molecular weight excluding hydrogens is 661 g/mol. The second kappa shape index (κ2) is 13.1. The molecule has 0 saturated carbocycles. The van der Waals surface area contributed by atoms with Crippen molar-refractivity contribution in [2.75, 3.05) is 0 Å². The molecule has 53 heavy (non-hydrogen) atoms. The Labute approximate surface area is 312 Å². The Hall–Kier alpha value is -6.68. The molecule has 0 N–H and O–H groups in total. The molecule has 8 aromatic carbocycles. The maximum Gasteiger partial charge on any atom is 0.160 e. The zero-order valence-electron chi connectivity index (χ0n) is 28.8. The lowest BCUT2D eigenvalue weighted by molar-refractivity contribution is 1.18. The van der Waals surface area contributed by atoms with Crippen molar-refractivity contribution < 1.29 is 0 Å². The van der Waals surface area contributed by atoms with Crippen molar-refractivity contribution in [3.05, 3.63) is 194 Å². The summed E-state index contributed by atoms with van der Waals surface area (Å²) in [4.78, 5) is 10.6. The van der Waals surface area contributed by atoms with E-state index in [1.165, 1.54) is 42.1 Å². The molecule has 0 fully saturated rings. The molecule has 248 valence electrons. The van der Waals surface area contributed by atoms with E-state index in [-0.39, 0.29) is 0 Å². The Balaban J connectivity index is 1.23. The minimum absolute atomic E-state index is 0.698. The summed E-state index contributed by atoms with van der Waals surface area (Å²) in [7, 11) is 0. The first-order valence-corrected chi connectivity index (χ1v) is 18.7. The summed E-state index contributed by atoms with van der Waals surface area (Å²) in [5.41, 5.74) is 11.9. The molecule has 10 aromatic rings. The molecule has 0 atom stereocenters. The lowest BCUT2D eigenvalue weighted by Crippen LogP contribution is -1.98. The van der Waals surface area contributed by atoms with Gasteiger partial charge in [-0.15, -0.1) is 11.3 Å². The van der Waals surface area contributed by atoms with Gasteiger partial charge in [-0.3, -0.25) is 0 Å². The quantitative estimate of drug-likeness (QED) is 0.173. The number of thiophene rings is 1. The fourth-order valence-electron chi connectivity index (χ4n) is 7.59. The fraction of sp³-hybridized carbons (Fsp3) is 0. The van der Waals surface area contributed by atoms with Gasteiger partial charge >= 0.3 is 0 Å². The van der Waals surface area contributed by atoms with Crippen LogP contribution in [0, 0.1) is 0 Å². The highest BCUT2D eigenvalue weighted by Crippen LogP contribution is 2.43. The molecule has 0 radical (unpaired) electrons. The van der Waals surface area contributed by atoms with E-state index in [1.54, 1.807) is 0 Å². The van der Waals surface area contributed by atoms with Crippen LogP contribution in [0.3, 0.4) is 0 Å². The molecule has 0 saturated heterocycles. The molecule has 0 aliphatic rings. The summed E-state index contributed by atoms with van der Waals surface area (Å²) < 4.78 is 2.59. The van der Waals surface area contributed by atoms with Crippen LogP contribution < -0.4 is 0 Å². The Kier molecular flexibility index (Phi) is 7.71. The van der Waals surface area contributed by atoms with Gasteiger partial charge in [0.1, 0.15) is 0 Å². The molecule has 2 aromatic heterocycles. The van der Waals surface area contributed by atoms with Crippen LogP contribution in [0.2, 0.25) is 0 Å². The van der Waals surface area contributed by atoms with Crippen molar-refractivity contribution >= 4 is 42.3 Å². The number of aromatic nitrogens is 2. The highest BCUT2D eigenvalue weighted by molar-refractivity contribution is 7.25. The molecule has 2 nitrogen and oxygen atoms in total. The van der Waals surface area contributed by atoms with E-state index < -0.39 is 0 Å². The van der Waals surface area contributed by atoms with Crippen LogP contribution in [0.1, 0.15) is 0 Å². The Morgan fingerprint density at radius 2 is 0.887 bits per heavy atom. The number of fused-ring (bicyclic) bond motifs is 4. The summed E-state index contributed by atoms with van der Waals surface area (Å²) in [6.07, 6.45) is 0. The first-order chi connectivity index (χ1) is 26.3. The fourth-order valence-corrected chi connectivity index (χ4v) is 8.73. The van der Waals surface area contributed by atoms with Gasteiger partial charge in [0.05, 0.1) is 11.4 Å². The predicted molar refractivity (Wildman–Crippen MR) is 225 cm³/mol. The van der Waals surface area contributed by atoms with E-state index in [2.05, 4.69) is 188 Å². The molecular formula is C50H32N2S. The average Bonchev–Trinajstić information content (AvgIpc) is 3.63. The Morgan fingerprint density at radius 3 is 1.74 bits per heavy atom.